The van der Waals surface area contributed by atoms with Gasteiger partial charge in [-0.1, -0.05) is 6.07 Å². The quantitative estimate of drug-likeness (QED) is 0.858. The number of carbonyl (C=O) groups is 1. The first-order valence-electron chi connectivity index (χ1n) is 6.71. The van der Waals surface area contributed by atoms with Crippen LogP contribution in [0.2, 0.25) is 0 Å². The molecule has 110 valence electrons. The Morgan fingerprint density at radius 3 is 2.57 bits per heavy atom. The third-order valence-corrected chi connectivity index (χ3v) is 2.95. The summed E-state index contributed by atoms with van der Waals surface area (Å²) >= 11 is 0. The molecule has 1 N–H and O–H groups in total. The van der Waals surface area contributed by atoms with Gasteiger partial charge in [-0.15, -0.1) is 0 Å². The second-order valence-corrected chi connectivity index (χ2v) is 4.57. The number of nitrogens with zero attached hydrogens (tertiary/aromatic N) is 1. The van der Waals surface area contributed by atoms with Crippen molar-refractivity contribution in [2.45, 2.75) is 19.9 Å². The molecule has 0 aliphatic carbocycles. The van der Waals surface area contributed by atoms with E-state index in [-0.39, 0.29) is 5.82 Å². The number of nitrogens with one attached hydrogen (secondary N) is 1. The highest BCUT2D eigenvalue weighted by atomic mass is 19.1. The Hall–Kier alpha value is -2.43. The molecule has 4 nitrogen and oxygen atoms in total. The molecule has 2 aromatic rings. The van der Waals surface area contributed by atoms with Gasteiger partial charge in [0.25, 0.3) is 0 Å². The topological polar surface area (TPSA) is 51.2 Å². The SMILES string of the molecule is CCOC(=O)C(Nc1ccc(F)cc1)c1ccc(C)nc1. The summed E-state index contributed by atoms with van der Waals surface area (Å²) in [5.41, 5.74) is 2.20. The van der Waals surface area contributed by atoms with Crippen LogP contribution in [0.4, 0.5) is 10.1 Å². The van der Waals surface area contributed by atoms with Crippen LogP contribution in [0, 0.1) is 12.7 Å². The Morgan fingerprint density at radius 1 is 1.29 bits per heavy atom. The largest absolute Gasteiger partial charge is 0.464 e. The minimum Gasteiger partial charge on any atom is -0.464 e. The van der Waals surface area contributed by atoms with Gasteiger partial charge in [-0.25, -0.2) is 9.18 Å². The van der Waals surface area contributed by atoms with Gasteiger partial charge >= 0.3 is 5.97 Å². The van der Waals surface area contributed by atoms with Crippen molar-refractivity contribution in [2.24, 2.45) is 0 Å². The van der Waals surface area contributed by atoms with Crippen LogP contribution in [0.3, 0.4) is 0 Å². The van der Waals surface area contributed by atoms with Crippen LogP contribution in [-0.4, -0.2) is 17.6 Å². The number of ether oxygens (including phenoxy) is 1. The molecule has 0 saturated heterocycles. The lowest BCUT2D eigenvalue weighted by Crippen LogP contribution is -2.23. The molecule has 5 heteroatoms. The smallest absolute Gasteiger partial charge is 0.333 e. The molecule has 0 bridgehead atoms. The molecule has 0 radical (unpaired) electrons. The zero-order chi connectivity index (χ0) is 15.2. The van der Waals surface area contributed by atoms with Crippen molar-refractivity contribution in [1.29, 1.82) is 0 Å². The molecule has 2 rings (SSSR count). The van der Waals surface area contributed by atoms with Crippen molar-refractivity contribution in [3.63, 3.8) is 0 Å². The number of aryl methyl sites for hydroxylation is 1. The fourth-order valence-electron chi connectivity index (χ4n) is 1.87. The van der Waals surface area contributed by atoms with Crippen LogP contribution >= 0.6 is 0 Å². The normalized spacial score (nSPS) is 11.8. The van der Waals surface area contributed by atoms with Crippen molar-refractivity contribution in [1.82, 2.24) is 4.98 Å². The van der Waals surface area contributed by atoms with E-state index < -0.39 is 12.0 Å². The van der Waals surface area contributed by atoms with Crippen molar-refractivity contribution in [3.05, 3.63) is 59.7 Å². The number of benzene rings is 1. The van der Waals surface area contributed by atoms with E-state index >= 15 is 0 Å². The number of pyridine rings is 1. The standard InChI is InChI=1S/C16H17FN2O2/c1-3-21-16(20)15(12-5-4-11(2)18-10-12)19-14-8-6-13(17)7-9-14/h4-10,15,19H,3H2,1-2H3. The molecule has 0 spiro atoms. The molecule has 1 heterocycles. The van der Waals surface area contributed by atoms with E-state index in [2.05, 4.69) is 10.3 Å². The number of anilines is 1. The van der Waals surface area contributed by atoms with E-state index in [0.29, 0.717) is 17.9 Å². The van der Waals surface area contributed by atoms with Gasteiger partial charge in [0.05, 0.1) is 6.61 Å². The molecular formula is C16H17FN2O2. The minimum absolute atomic E-state index is 0.291. The summed E-state index contributed by atoms with van der Waals surface area (Å²) in [6.45, 7) is 3.91. The summed E-state index contributed by atoms with van der Waals surface area (Å²) in [5, 5.41) is 3.05. The van der Waals surface area contributed by atoms with Crippen molar-refractivity contribution in [2.75, 3.05) is 11.9 Å². The Labute approximate surface area is 123 Å². The summed E-state index contributed by atoms with van der Waals surface area (Å²) in [6, 6.07) is 8.78. The number of esters is 1. The molecule has 1 unspecified atom stereocenters. The summed E-state index contributed by atoms with van der Waals surface area (Å²) in [7, 11) is 0. The van der Waals surface area contributed by atoms with Gasteiger partial charge in [0.15, 0.2) is 6.04 Å². The Morgan fingerprint density at radius 2 is 2.00 bits per heavy atom. The number of hydrogen-bond donors (Lipinski definition) is 1. The van der Waals surface area contributed by atoms with Crippen LogP contribution in [0.25, 0.3) is 0 Å². The van der Waals surface area contributed by atoms with Crippen molar-refractivity contribution in [3.8, 4) is 0 Å². The highest BCUT2D eigenvalue weighted by Crippen LogP contribution is 2.21. The van der Waals surface area contributed by atoms with Crippen molar-refractivity contribution >= 4 is 11.7 Å². The van der Waals surface area contributed by atoms with Crippen LogP contribution < -0.4 is 5.32 Å². The van der Waals surface area contributed by atoms with Crippen LogP contribution in [0.5, 0.6) is 0 Å². The summed E-state index contributed by atoms with van der Waals surface area (Å²) in [5.74, 6) is -0.724. The lowest BCUT2D eigenvalue weighted by Gasteiger charge is -2.18. The van der Waals surface area contributed by atoms with Gasteiger partial charge < -0.3 is 10.1 Å². The predicted octanol–water partition coefficient (Wildman–Crippen LogP) is 3.25. The monoisotopic (exact) mass is 288 g/mol. The van der Waals surface area contributed by atoms with Crippen LogP contribution in [-0.2, 0) is 9.53 Å². The Bertz CT molecular complexity index is 597. The number of carbonyl (C=O) groups excluding carboxylic acids is 1. The fraction of sp³-hybridized carbons (Fsp3) is 0.250. The predicted molar refractivity (Wildman–Crippen MR) is 78.4 cm³/mol. The molecule has 0 fully saturated rings. The van der Waals surface area contributed by atoms with Gasteiger partial charge in [0, 0.05) is 23.1 Å². The highest BCUT2D eigenvalue weighted by Gasteiger charge is 2.22. The molecule has 1 aromatic carbocycles. The molecule has 0 aliphatic heterocycles. The van der Waals surface area contributed by atoms with Gasteiger partial charge in [-0.05, 0) is 44.2 Å². The lowest BCUT2D eigenvalue weighted by atomic mass is 10.1. The van der Waals surface area contributed by atoms with Gasteiger partial charge in [-0.3, -0.25) is 4.98 Å². The van der Waals surface area contributed by atoms with E-state index in [4.69, 9.17) is 4.74 Å². The maximum Gasteiger partial charge on any atom is 0.333 e. The maximum absolute atomic E-state index is 12.9. The molecule has 1 atom stereocenters. The van der Waals surface area contributed by atoms with E-state index in [1.54, 1.807) is 25.3 Å². The second kappa shape index (κ2) is 6.83. The first-order valence-corrected chi connectivity index (χ1v) is 6.71. The highest BCUT2D eigenvalue weighted by molar-refractivity contribution is 5.81. The molecule has 0 aliphatic rings. The van der Waals surface area contributed by atoms with Gasteiger partial charge in [0.2, 0.25) is 0 Å². The fourth-order valence-corrected chi connectivity index (χ4v) is 1.87. The van der Waals surface area contributed by atoms with Gasteiger partial charge in [0.1, 0.15) is 5.82 Å². The molecule has 1 aromatic heterocycles. The van der Waals surface area contributed by atoms with E-state index in [1.165, 1.54) is 12.1 Å². The van der Waals surface area contributed by atoms with E-state index in [1.807, 2.05) is 19.1 Å². The number of hydrogen-bond acceptors (Lipinski definition) is 4. The first-order chi connectivity index (χ1) is 10.1. The van der Waals surface area contributed by atoms with Crippen LogP contribution in [0.15, 0.2) is 42.6 Å². The lowest BCUT2D eigenvalue weighted by molar-refractivity contribution is -0.144. The number of aromatic nitrogens is 1. The summed E-state index contributed by atoms with van der Waals surface area (Å²) in [6.07, 6.45) is 1.63. The Kier molecular flexibility index (Phi) is 4.87. The third kappa shape index (κ3) is 4.02. The van der Waals surface area contributed by atoms with E-state index in [9.17, 15) is 9.18 Å². The Balaban J connectivity index is 2.25. The first kappa shape index (κ1) is 15.0. The zero-order valence-electron chi connectivity index (χ0n) is 12.0. The van der Waals surface area contributed by atoms with Gasteiger partial charge in [-0.2, -0.15) is 0 Å². The number of rotatable bonds is 5. The minimum atomic E-state index is -0.677. The molecule has 21 heavy (non-hydrogen) atoms. The maximum atomic E-state index is 12.9. The van der Waals surface area contributed by atoms with E-state index in [0.717, 1.165) is 5.69 Å². The molecular weight excluding hydrogens is 271 g/mol. The third-order valence-electron chi connectivity index (χ3n) is 2.95. The van der Waals surface area contributed by atoms with Crippen molar-refractivity contribution < 1.29 is 13.9 Å². The molecule has 0 amide bonds. The average molecular weight is 288 g/mol. The van der Waals surface area contributed by atoms with Crippen LogP contribution in [0.1, 0.15) is 24.2 Å². The molecule has 0 saturated carbocycles. The summed E-state index contributed by atoms with van der Waals surface area (Å²) < 4.78 is 18.0. The zero-order valence-corrected chi connectivity index (χ0v) is 12.0. The second-order valence-electron chi connectivity index (χ2n) is 4.57. The average Bonchev–Trinajstić information content (AvgIpc) is 2.48. The summed E-state index contributed by atoms with van der Waals surface area (Å²) in [4.78, 5) is 16.3. The number of halogens is 1.